The van der Waals surface area contributed by atoms with Crippen molar-refractivity contribution in [3.63, 3.8) is 0 Å². The van der Waals surface area contributed by atoms with Gasteiger partial charge in [0.05, 0.1) is 11.6 Å². The molecule has 98 valence electrons. The summed E-state index contributed by atoms with van der Waals surface area (Å²) < 4.78 is 1.06. The van der Waals surface area contributed by atoms with Crippen molar-refractivity contribution in [3.8, 4) is 5.69 Å². The highest BCUT2D eigenvalue weighted by atomic mass is 35.5. The second kappa shape index (κ2) is 5.11. The first kappa shape index (κ1) is 13.1. The van der Waals surface area contributed by atoms with Crippen LogP contribution in [0, 0.1) is 0 Å². The summed E-state index contributed by atoms with van der Waals surface area (Å²) in [6.45, 7) is 0. The Labute approximate surface area is 112 Å². The molecule has 0 amide bonds. The summed E-state index contributed by atoms with van der Waals surface area (Å²) in [5, 5.41) is 0. The number of ketones is 1. The maximum atomic E-state index is 11.8. The van der Waals surface area contributed by atoms with Crippen molar-refractivity contribution < 1.29 is 4.79 Å². The van der Waals surface area contributed by atoms with E-state index in [0.29, 0.717) is 5.69 Å². The number of aromatic amines is 1. The minimum absolute atomic E-state index is 0.217. The second-order valence-electron chi connectivity index (χ2n) is 3.75. The van der Waals surface area contributed by atoms with Gasteiger partial charge in [-0.25, -0.2) is 9.36 Å². The van der Waals surface area contributed by atoms with Crippen LogP contribution in [-0.4, -0.2) is 21.2 Å². The number of nitrogens with one attached hydrogen (secondary N) is 1. The number of carbonyl (C=O) groups is 1. The fourth-order valence-corrected chi connectivity index (χ4v) is 1.86. The van der Waals surface area contributed by atoms with Gasteiger partial charge < -0.3 is 5.73 Å². The van der Waals surface area contributed by atoms with Crippen molar-refractivity contribution >= 4 is 23.2 Å². The Kier molecular flexibility index (Phi) is 3.52. The topological polar surface area (TPSA) is 98.0 Å². The standard InChI is InChI=1S/C12H10ClN3O3/c13-6-8(17)9-10(14)16(12(19)15-11(9)18)7-4-2-1-3-5-7/h1-5H,6,14H2,(H,15,18,19). The molecular weight excluding hydrogens is 270 g/mol. The van der Waals surface area contributed by atoms with Gasteiger partial charge in [-0.05, 0) is 12.1 Å². The number of para-hydroxylation sites is 1. The highest BCUT2D eigenvalue weighted by Gasteiger charge is 2.18. The van der Waals surface area contributed by atoms with Crippen LogP contribution in [0.4, 0.5) is 5.82 Å². The maximum absolute atomic E-state index is 11.8. The quantitative estimate of drug-likeness (QED) is 0.632. The van der Waals surface area contributed by atoms with Gasteiger partial charge in [0.15, 0.2) is 5.78 Å². The Hall–Kier alpha value is -2.34. The van der Waals surface area contributed by atoms with Gasteiger partial charge in [-0.1, -0.05) is 18.2 Å². The molecule has 1 heterocycles. The van der Waals surface area contributed by atoms with Crippen molar-refractivity contribution in [1.29, 1.82) is 0 Å². The van der Waals surface area contributed by atoms with E-state index in [1.807, 2.05) is 0 Å². The fraction of sp³-hybridized carbons (Fsp3) is 0.0833. The zero-order chi connectivity index (χ0) is 14.0. The number of hydrogen-bond acceptors (Lipinski definition) is 4. The first-order valence-corrected chi connectivity index (χ1v) is 5.89. The maximum Gasteiger partial charge on any atom is 0.334 e. The van der Waals surface area contributed by atoms with E-state index >= 15 is 0 Å². The second-order valence-corrected chi connectivity index (χ2v) is 4.01. The van der Waals surface area contributed by atoms with Crippen LogP contribution in [0.1, 0.15) is 10.4 Å². The Morgan fingerprint density at radius 2 is 1.89 bits per heavy atom. The third-order valence-electron chi connectivity index (χ3n) is 2.56. The highest BCUT2D eigenvalue weighted by molar-refractivity contribution is 6.31. The normalized spacial score (nSPS) is 10.4. The van der Waals surface area contributed by atoms with Gasteiger partial charge in [-0.2, -0.15) is 0 Å². The smallest absolute Gasteiger partial charge is 0.334 e. The molecule has 3 N–H and O–H groups in total. The predicted octanol–water partition coefficient (Wildman–Crippen LogP) is 0.529. The molecule has 1 aromatic heterocycles. The number of anilines is 1. The van der Waals surface area contributed by atoms with Crippen molar-refractivity contribution in [2.24, 2.45) is 0 Å². The molecule has 0 saturated heterocycles. The molecule has 19 heavy (non-hydrogen) atoms. The molecule has 0 unspecified atom stereocenters. The van der Waals surface area contributed by atoms with Gasteiger partial charge in [0, 0.05) is 0 Å². The largest absolute Gasteiger partial charge is 0.384 e. The summed E-state index contributed by atoms with van der Waals surface area (Å²) in [4.78, 5) is 37.1. The monoisotopic (exact) mass is 279 g/mol. The van der Waals surface area contributed by atoms with Crippen molar-refractivity contribution in [3.05, 3.63) is 56.7 Å². The van der Waals surface area contributed by atoms with Crippen LogP contribution in [0.15, 0.2) is 39.9 Å². The van der Waals surface area contributed by atoms with E-state index in [4.69, 9.17) is 17.3 Å². The van der Waals surface area contributed by atoms with Crippen LogP contribution in [0.3, 0.4) is 0 Å². The number of aromatic nitrogens is 2. The molecule has 2 aromatic rings. The number of alkyl halides is 1. The zero-order valence-corrected chi connectivity index (χ0v) is 10.5. The number of halogens is 1. The Morgan fingerprint density at radius 3 is 2.47 bits per heavy atom. The lowest BCUT2D eigenvalue weighted by Crippen LogP contribution is -2.35. The van der Waals surface area contributed by atoms with Crippen LogP contribution in [0.25, 0.3) is 5.69 Å². The molecule has 0 fully saturated rings. The predicted molar refractivity (Wildman–Crippen MR) is 72.1 cm³/mol. The van der Waals surface area contributed by atoms with E-state index < -0.39 is 17.0 Å². The zero-order valence-electron chi connectivity index (χ0n) is 9.72. The summed E-state index contributed by atoms with van der Waals surface area (Å²) in [5.41, 5.74) is 4.36. The van der Waals surface area contributed by atoms with E-state index in [9.17, 15) is 14.4 Å². The van der Waals surface area contributed by atoms with E-state index in [-0.39, 0.29) is 17.3 Å². The number of nitrogen functional groups attached to an aromatic ring is 1. The minimum Gasteiger partial charge on any atom is -0.384 e. The van der Waals surface area contributed by atoms with E-state index in [1.165, 1.54) is 0 Å². The first-order chi connectivity index (χ1) is 9.06. The lowest BCUT2D eigenvalue weighted by atomic mass is 10.2. The number of rotatable bonds is 3. The van der Waals surface area contributed by atoms with Crippen LogP contribution >= 0.6 is 11.6 Å². The number of nitrogens with zero attached hydrogens (tertiary/aromatic N) is 1. The van der Waals surface area contributed by atoms with Gasteiger partial charge in [-0.15, -0.1) is 11.6 Å². The third-order valence-corrected chi connectivity index (χ3v) is 2.81. The van der Waals surface area contributed by atoms with Crippen molar-refractivity contribution in [1.82, 2.24) is 9.55 Å². The van der Waals surface area contributed by atoms with Crippen LogP contribution in [0.2, 0.25) is 0 Å². The number of benzene rings is 1. The highest BCUT2D eigenvalue weighted by Crippen LogP contribution is 2.12. The molecule has 0 aliphatic heterocycles. The van der Waals surface area contributed by atoms with Crippen LogP contribution < -0.4 is 17.0 Å². The van der Waals surface area contributed by atoms with E-state index in [1.54, 1.807) is 30.3 Å². The molecule has 0 aliphatic rings. The fourth-order valence-electron chi connectivity index (χ4n) is 1.72. The third kappa shape index (κ3) is 2.30. The van der Waals surface area contributed by atoms with E-state index in [2.05, 4.69) is 4.98 Å². The van der Waals surface area contributed by atoms with Crippen LogP contribution in [-0.2, 0) is 0 Å². The molecule has 7 heteroatoms. The Morgan fingerprint density at radius 1 is 1.26 bits per heavy atom. The summed E-state index contributed by atoms with van der Waals surface area (Å²) in [6.07, 6.45) is 0. The molecule has 0 bridgehead atoms. The molecule has 0 aliphatic carbocycles. The summed E-state index contributed by atoms with van der Waals surface area (Å²) in [7, 11) is 0. The molecule has 0 spiro atoms. The Bertz CT molecular complexity index is 734. The Balaban J connectivity index is 2.80. The van der Waals surface area contributed by atoms with Gasteiger partial charge in [0.1, 0.15) is 11.4 Å². The SMILES string of the molecule is Nc1c(C(=O)CCl)c(=O)[nH]c(=O)n1-c1ccccc1. The number of hydrogen-bond donors (Lipinski definition) is 2. The number of Topliss-reactive ketones (excluding diaryl/α,β-unsaturated/α-hetero) is 1. The average Bonchev–Trinajstić information content (AvgIpc) is 2.39. The number of H-pyrrole nitrogens is 1. The lowest BCUT2D eigenvalue weighted by molar-refractivity contribution is 0.102. The molecule has 2 rings (SSSR count). The van der Waals surface area contributed by atoms with Crippen molar-refractivity contribution in [2.45, 2.75) is 0 Å². The molecule has 0 atom stereocenters. The molecule has 1 aromatic carbocycles. The average molecular weight is 280 g/mol. The van der Waals surface area contributed by atoms with Gasteiger partial charge in [-0.3, -0.25) is 14.6 Å². The van der Waals surface area contributed by atoms with Gasteiger partial charge in [0.25, 0.3) is 5.56 Å². The molecular formula is C12H10ClN3O3. The molecule has 0 saturated carbocycles. The van der Waals surface area contributed by atoms with Crippen LogP contribution in [0.5, 0.6) is 0 Å². The summed E-state index contributed by atoms with van der Waals surface area (Å²) >= 11 is 5.42. The van der Waals surface area contributed by atoms with Crippen molar-refractivity contribution in [2.75, 3.05) is 11.6 Å². The number of nitrogens with two attached hydrogens (primary N) is 1. The number of carbonyl (C=O) groups excluding carboxylic acids is 1. The molecule has 0 radical (unpaired) electrons. The van der Waals surface area contributed by atoms with Gasteiger partial charge >= 0.3 is 5.69 Å². The van der Waals surface area contributed by atoms with Gasteiger partial charge in [0.2, 0.25) is 0 Å². The van der Waals surface area contributed by atoms with E-state index in [0.717, 1.165) is 4.57 Å². The lowest BCUT2D eigenvalue weighted by Gasteiger charge is -2.11. The summed E-state index contributed by atoms with van der Waals surface area (Å²) in [6, 6.07) is 8.43. The minimum atomic E-state index is -0.833. The first-order valence-electron chi connectivity index (χ1n) is 5.35. The summed E-state index contributed by atoms with van der Waals surface area (Å²) in [5.74, 6) is -1.24. The molecule has 6 nitrogen and oxygen atoms in total.